The average Bonchev–Trinajstić information content (AvgIpc) is 2.25. The van der Waals surface area contributed by atoms with Crippen molar-refractivity contribution in [1.29, 1.82) is 0 Å². The van der Waals surface area contributed by atoms with Crippen LogP contribution in [0.3, 0.4) is 0 Å². The minimum absolute atomic E-state index is 0.0603. The van der Waals surface area contributed by atoms with Crippen molar-refractivity contribution in [1.82, 2.24) is 4.90 Å². The van der Waals surface area contributed by atoms with E-state index in [9.17, 15) is 9.59 Å². The third-order valence-electron chi connectivity index (χ3n) is 3.18. The molecule has 0 aliphatic carbocycles. The summed E-state index contributed by atoms with van der Waals surface area (Å²) in [6.07, 6.45) is 3.55. The second-order valence-corrected chi connectivity index (χ2v) is 5.03. The summed E-state index contributed by atoms with van der Waals surface area (Å²) in [7, 11) is 0. The Morgan fingerprint density at radius 3 is 2.76 bits per heavy atom. The molecule has 0 aromatic heterocycles. The Bertz CT molecular complexity index is 279. The molecule has 1 fully saturated rings. The summed E-state index contributed by atoms with van der Waals surface area (Å²) in [4.78, 5) is 24.6. The van der Waals surface area contributed by atoms with E-state index in [4.69, 9.17) is 11.5 Å². The number of carbonyl (C=O) groups excluding carboxylic acids is 2. The van der Waals surface area contributed by atoms with Gasteiger partial charge in [0.15, 0.2) is 0 Å². The summed E-state index contributed by atoms with van der Waals surface area (Å²) < 4.78 is 0. The fourth-order valence-electron chi connectivity index (χ4n) is 2.25. The molecule has 1 aliphatic heterocycles. The highest BCUT2D eigenvalue weighted by atomic mass is 16.2. The summed E-state index contributed by atoms with van der Waals surface area (Å²) in [5.41, 5.74) is 10.8. The van der Waals surface area contributed by atoms with E-state index in [1.165, 1.54) is 0 Å². The highest BCUT2D eigenvalue weighted by Crippen LogP contribution is 2.20. The van der Waals surface area contributed by atoms with Crippen molar-refractivity contribution in [3.63, 3.8) is 0 Å². The molecular weight excluding hydrogens is 218 g/mol. The van der Waals surface area contributed by atoms with Crippen LogP contribution in [0.25, 0.3) is 0 Å². The van der Waals surface area contributed by atoms with Gasteiger partial charge in [0.25, 0.3) is 0 Å². The van der Waals surface area contributed by atoms with E-state index >= 15 is 0 Å². The minimum Gasteiger partial charge on any atom is -0.370 e. The van der Waals surface area contributed by atoms with E-state index in [1.54, 1.807) is 0 Å². The van der Waals surface area contributed by atoms with Crippen LogP contribution >= 0.6 is 0 Å². The number of amides is 2. The molecule has 1 heterocycles. The monoisotopic (exact) mass is 241 g/mol. The molecular formula is C12H23N3O2. The van der Waals surface area contributed by atoms with Crippen LogP contribution in [0.1, 0.15) is 39.0 Å². The molecule has 2 atom stereocenters. The molecule has 1 aliphatic rings. The maximum Gasteiger partial charge on any atom is 0.222 e. The second-order valence-electron chi connectivity index (χ2n) is 5.03. The summed E-state index contributed by atoms with van der Waals surface area (Å²) in [5.74, 6) is 0.108. The van der Waals surface area contributed by atoms with Crippen LogP contribution in [0.2, 0.25) is 0 Å². The van der Waals surface area contributed by atoms with Gasteiger partial charge >= 0.3 is 0 Å². The molecule has 1 rings (SSSR count). The number of carbonyl (C=O) groups is 2. The predicted octanol–water partition coefficient (Wildman–Crippen LogP) is 0.228. The standard InChI is InChI=1S/C12H23N3O2/c1-9(13)4-5-12(17)15-6-2-3-10(8-15)7-11(14)16/h9-10H,2-8,13H2,1H3,(H2,14,16). The lowest BCUT2D eigenvalue weighted by Gasteiger charge is -2.32. The lowest BCUT2D eigenvalue weighted by Crippen LogP contribution is -2.41. The van der Waals surface area contributed by atoms with Crippen LogP contribution in [0.4, 0.5) is 0 Å². The Kier molecular flexibility index (Phi) is 5.41. The number of primary amides is 1. The zero-order chi connectivity index (χ0) is 12.8. The molecule has 2 unspecified atom stereocenters. The minimum atomic E-state index is -0.278. The summed E-state index contributed by atoms with van der Waals surface area (Å²) >= 11 is 0. The molecule has 17 heavy (non-hydrogen) atoms. The SMILES string of the molecule is CC(N)CCC(=O)N1CCCC(CC(N)=O)C1. The highest BCUT2D eigenvalue weighted by molar-refractivity contribution is 5.77. The van der Waals surface area contributed by atoms with Crippen molar-refractivity contribution >= 4 is 11.8 Å². The molecule has 4 N–H and O–H groups in total. The van der Waals surface area contributed by atoms with E-state index in [0.29, 0.717) is 19.4 Å². The molecule has 0 aromatic rings. The van der Waals surface area contributed by atoms with Crippen LogP contribution in [0.15, 0.2) is 0 Å². The van der Waals surface area contributed by atoms with Crippen molar-refractivity contribution < 1.29 is 9.59 Å². The van der Waals surface area contributed by atoms with Gasteiger partial charge in [-0.1, -0.05) is 0 Å². The second kappa shape index (κ2) is 6.59. The lowest BCUT2D eigenvalue weighted by molar-refractivity contribution is -0.134. The number of rotatable bonds is 5. The number of nitrogens with two attached hydrogens (primary N) is 2. The van der Waals surface area contributed by atoms with Crippen molar-refractivity contribution in [2.24, 2.45) is 17.4 Å². The first-order valence-electron chi connectivity index (χ1n) is 6.30. The molecule has 5 nitrogen and oxygen atoms in total. The number of hydrogen-bond acceptors (Lipinski definition) is 3. The number of piperidine rings is 1. The quantitative estimate of drug-likeness (QED) is 0.722. The van der Waals surface area contributed by atoms with Gasteiger partial charge in [0.05, 0.1) is 0 Å². The molecule has 0 aromatic carbocycles. The summed E-state index contributed by atoms with van der Waals surface area (Å²) in [5, 5.41) is 0. The van der Waals surface area contributed by atoms with Gasteiger partial charge in [-0.3, -0.25) is 9.59 Å². The van der Waals surface area contributed by atoms with E-state index < -0.39 is 0 Å². The van der Waals surface area contributed by atoms with Gasteiger partial charge < -0.3 is 16.4 Å². The maximum atomic E-state index is 11.9. The van der Waals surface area contributed by atoms with Gasteiger partial charge in [0.2, 0.25) is 11.8 Å². The smallest absolute Gasteiger partial charge is 0.222 e. The Balaban J connectivity index is 2.37. The Labute approximate surface area is 103 Å². The lowest BCUT2D eigenvalue weighted by atomic mass is 9.94. The third-order valence-corrected chi connectivity index (χ3v) is 3.18. The van der Waals surface area contributed by atoms with Gasteiger partial charge in [-0.25, -0.2) is 0 Å². The van der Waals surface area contributed by atoms with Crippen molar-refractivity contribution in [3.05, 3.63) is 0 Å². The van der Waals surface area contributed by atoms with Gasteiger partial charge in [0, 0.05) is 32.0 Å². The van der Waals surface area contributed by atoms with Crippen molar-refractivity contribution in [2.45, 2.75) is 45.1 Å². The van der Waals surface area contributed by atoms with E-state index in [0.717, 1.165) is 25.8 Å². The Hall–Kier alpha value is -1.10. The molecule has 0 spiro atoms. The van der Waals surface area contributed by atoms with Crippen LogP contribution in [-0.4, -0.2) is 35.8 Å². The molecule has 5 heteroatoms. The largest absolute Gasteiger partial charge is 0.370 e. The normalized spacial score (nSPS) is 22.2. The molecule has 98 valence electrons. The van der Waals surface area contributed by atoms with E-state index in [2.05, 4.69) is 0 Å². The molecule has 1 saturated heterocycles. The highest BCUT2D eigenvalue weighted by Gasteiger charge is 2.24. The fourth-order valence-corrected chi connectivity index (χ4v) is 2.25. The summed E-state index contributed by atoms with van der Waals surface area (Å²) in [6.45, 7) is 3.37. The predicted molar refractivity (Wildman–Crippen MR) is 66.0 cm³/mol. The number of likely N-dealkylation sites (tertiary alicyclic amines) is 1. The van der Waals surface area contributed by atoms with Crippen LogP contribution in [0, 0.1) is 5.92 Å². The zero-order valence-corrected chi connectivity index (χ0v) is 10.5. The van der Waals surface area contributed by atoms with Gasteiger partial charge in [-0.05, 0) is 32.1 Å². The number of hydrogen-bond donors (Lipinski definition) is 2. The first-order valence-corrected chi connectivity index (χ1v) is 6.30. The van der Waals surface area contributed by atoms with Crippen LogP contribution < -0.4 is 11.5 Å². The van der Waals surface area contributed by atoms with Gasteiger partial charge in [-0.15, -0.1) is 0 Å². The van der Waals surface area contributed by atoms with Gasteiger partial charge in [0.1, 0.15) is 0 Å². The first kappa shape index (κ1) is 14.0. The Morgan fingerprint density at radius 1 is 1.47 bits per heavy atom. The first-order chi connectivity index (χ1) is 7.99. The molecule has 2 amide bonds. The van der Waals surface area contributed by atoms with E-state index in [-0.39, 0.29) is 23.8 Å². The van der Waals surface area contributed by atoms with Crippen LogP contribution in [0.5, 0.6) is 0 Å². The topological polar surface area (TPSA) is 89.4 Å². The fraction of sp³-hybridized carbons (Fsp3) is 0.833. The zero-order valence-electron chi connectivity index (χ0n) is 10.5. The molecule has 0 bridgehead atoms. The summed E-state index contributed by atoms with van der Waals surface area (Å²) in [6, 6.07) is 0.0603. The van der Waals surface area contributed by atoms with Crippen molar-refractivity contribution in [3.8, 4) is 0 Å². The Morgan fingerprint density at radius 2 is 2.18 bits per heavy atom. The maximum absolute atomic E-state index is 11.9. The van der Waals surface area contributed by atoms with Crippen molar-refractivity contribution in [2.75, 3.05) is 13.1 Å². The van der Waals surface area contributed by atoms with Crippen LogP contribution in [-0.2, 0) is 9.59 Å². The molecule has 0 radical (unpaired) electrons. The van der Waals surface area contributed by atoms with E-state index in [1.807, 2.05) is 11.8 Å². The van der Waals surface area contributed by atoms with Gasteiger partial charge in [-0.2, -0.15) is 0 Å². The average molecular weight is 241 g/mol. The number of nitrogens with zero attached hydrogens (tertiary/aromatic N) is 1. The third kappa shape index (κ3) is 5.17. The molecule has 0 saturated carbocycles.